The maximum absolute atomic E-state index is 10.9. The summed E-state index contributed by atoms with van der Waals surface area (Å²) in [5.74, 6) is -0.146. The van der Waals surface area contributed by atoms with Crippen LogP contribution in [0.5, 0.6) is 0 Å². The van der Waals surface area contributed by atoms with E-state index in [1.807, 2.05) is 0 Å². The molecule has 1 aliphatic heterocycles. The summed E-state index contributed by atoms with van der Waals surface area (Å²) in [6, 6.07) is 0.302. The summed E-state index contributed by atoms with van der Waals surface area (Å²) in [7, 11) is 1.42. The fraction of sp³-hybridized carbons (Fsp3) is 0.909. The van der Waals surface area contributed by atoms with E-state index in [2.05, 4.69) is 9.64 Å². The molecule has 0 aromatic rings. The van der Waals surface area contributed by atoms with Gasteiger partial charge in [-0.05, 0) is 32.4 Å². The van der Waals surface area contributed by atoms with Crippen molar-refractivity contribution in [3.63, 3.8) is 0 Å². The summed E-state index contributed by atoms with van der Waals surface area (Å²) in [6.07, 6.45) is 4.79. The van der Waals surface area contributed by atoms with Gasteiger partial charge in [-0.1, -0.05) is 6.42 Å². The summed E-state index contributed by atoms with van der Waals surface area (Å²) < 4.78 is 4.59. The van der Waals surface area contributed by atoms with Crippen LogP contribution in [0, 0.1) is 0 Å². The van der Waals surface area contributed by atoms with Crippen LogP contribution in [0.3, 0.4) is 0 Å². The van der Waals surface area contributed by atoms with Crippen LogP contribution in [0.1, 0.15) is 32.1 Å². The van der Waals surface area contributed by atoms with Gasteiger partial charge in [-0.25, -0.2) is 0 Å². The Morgan fingerprint density at radius 1 is 1.53 bits per heavy atom. The lowest BCUT2D eigenvalue weighted by atomic mass is 10.0. The van der Waals surface area contributed by atoms with E-state index in [1.54, 1.807) is 0 Å². The molecular weight excluding hydrogens is 194 g/mol. The Labute approximate surface area is 91.2 Å². The van der Waals surface area contributed by atoms with Gasteiger partial charge in [0, 0.05) is 12.5 Å². The van der Waals surface area contributed by atoms with Crippen molar-refractivity contribution in [3.8, 4) is 0 Å². The molecule has 0 aliphatic carbocycles. The number of carbonyl (C=O) groups is 1. The van der Waals surface area contributed by atoms with Crippen molar-refractivity contribution in [2.45, 2.75) is 38.1 Å². The minimum Gasteiger partial charge on any atom is -0.469 e. The molecule has 1 N–H and O–H groups in total. The Bertz CT molecular complexity index is 196. The topological polar surface area (TPSA) is 49.8 Å². The zero-order valence-electron chi connectivity index (χ0n) is 9.45. The van der Waals surface area contributed by atoms with Crippen LogP contribution in [0.2, 0.25) is 0 Å². The molecule has 1 rings (SSSR count). The van der Waals surface area contributed by atoms with Crippen LogP contribution < -0.4 is 0 Å². The largest absolute Gasteiger partial charge is 0.469 e. The number of ether oxygens (including phenoxy) is 1. The highest BCUT2D eigenvalue weighted by molar-refractivity contribution is 5.69. The molecule has 15 heavy (non-hydrogen) atoms. The van der Waals surface area contributed by atoms with Gasteiger partial charge < -0.3 is 9.84 Å². The molecule has 88 valence electrons. The van der Waals surface area contributed by atoms with Crippen molar-refractivity contribution in [3.05, 3.63) is 0 Å². The molecule has 0 saturated carbocycles. The van der Waals surface area contributed by atoms with Crippen molar-refractivity contribution in [1.82, 2.24) is 4.90 Å². The first-order valence-corrected chi connectivity index (χ1v) is 5.69. The number of methoxy groups -OCH3 is 1. The third-order valence-corrected chi connectivity index (χ3v) is 3.01. The van der Waals surface area contributed by atoms with Gasteiger partial charge in [-0.3, -0.25) is 9.69 Å². The Balaban J connectivity index is 2.20. The number of likely N-dealkylation sites (tertiary alicyclic amines) is 1. The molecule has 1 unspecified atom stereocenters. The molecule has 0 spiro atoms. The lowest BCUT2D eigenvalue weighted by Gasteiger charge is -2.34. The van der Waals surface area contributed by atoms with Crippen LogP contribution >= 0.6 is 0 Å². The predicted molar refractivity (Wildman–Crippen MR) is 57.5 cm³/mol. The summed E-state index contributed by atoms with van der Waals surface area (Å²) in [5.41, 5.74) is 0. The minimum absolute atomic E-state index is 0.146. The van der Waals surface area contributed by atoms with Crippen molar-refractivity contribution < 1.29 is 14.6 Å². The number of nitrogens with zero attached hydrogens (tertiary/aromatic N) is 1. The van der Waals surface area contributed by atoms with Gasteiger partial charge in [0.15, 0.2) is 0 Å². The number of hydrogen-bond donors (Lipinski definition) is 1. The molecule has 1 fully saturated rings. The normalized spacial score (nSPS) is 22.7. The molecule has 0 bridgehead atoms. The van der Waals surface area contributed by atoms with Gasteiger partial charge in [0.2, 0.25) is 0 Å². The Hall–Kier alpha value is -0.610. The number of aliphatic hydroxyl groups is 1. The van der Waals surface area contributed by atoms with Gasteiger partial charge >= 0.3 is 5.97 Å². The molecule has 0 amide bonds. The summed E-state index contributed by atoms with van der Waals surface area (Å²) in [5, 5.41) is 9.18. The molecule has 4 nitrogen and oxygen atoms in total. The SMILES string of the molecule is COC(=O)CCCN1CCCCC1CO. The Morgan fingerprint density at radius 2 is 2.33 bits per heavy atom. The highest BCUT2D eigenvalue weighted by Gasteiger charge is 2.20. The lowest BCUT2D eigenvalue weighted by molar-refractivity contribution is -0.140. The van der Waals surface area contributed by atoms with Crippen LogP contribution in [0.15, 0.2) is 0 Å². The van der Waals surface area contributed by atoms with Crippen molar-refractivity contribution in [2.24, 2.45) is 0 Å². The van der Waals surface area contributed by atoms with Crippen LogP contribution in [0.4, 0.5) is 0 Å². The van der Waals surface area contributed by atoms with Gasteiger partial charge in [0.25, 0.3) is 0 Å². The highest BCUT2D eigenvalue weighted by Crippen LogP contribution is 2.16. The number of rotatable bonds is 5. The average Bonchev–Trinajstić information content (AvgIpc) is 2.29. The van der Waals surface area contributed by atoms with E-state index in [4.69, 9.17) is 0 Å². The second-order valence-electron chi connectivity index (χ2n) is 4.05. The number of aliphatic hydroxyl groups excluding tert-OH is 1. The van der Waals surface area contributed by atoms with Gasteiger partial charge in [-0.2, -0.15) is 0 Å². The van der Waals surface area contributed by atoms with E-state index in [9.17, 15) is 9.90 Å². The second-order valence-corrected chi connectivity index (χ2v) is 4.05. The predicted octanol–water partition coefficient (Wildman–Crippen LogP) is 0.786. The number of esters is 1. The van der Waals surface area contributed by atoms with Crippen LogP contribution in [-0.4, -0.2) is 48.8 Å². The van der Waals surface area contributed by atoms with Gasteiger partial charge in [0.1, 0.15) is 0 Å². The van der Waals surface area contributed by atoms with Crippen molar-refractivity contribution in [2.75, 3.05) is 26.8 Å². The summed E-state index contributed by atoms with van der Waals surface area (Å²) in [6.45, 7) is 2.17. The van der Waals surface area contributed by atoms with E-state index >= 15 is 0 Å². The van der Waals surface area contributed by atoms with E-state index < -0.39 is 0 Å². The maximum Gasteiger partial charge on any atom is 0.305 e. The lowest BCUT2D eigenvalue weighted by Crippen LogP contribution is -2.42. The van der Waals surface area contributed by atoms with Crippen molar-refractivity contribution >= 4 is 5.97 Å². The fourth-order valence-electron chi connectivity index (χ4n) is 2.09. The average molecular weight is 215 g/mol. The monoisotopic (exact) mass is 215 g/mol. The molecule has 0 aromatic carbocycles. The minimum atomic E-state index is -0.146. The molecule has 1 heterocycles. The van der Waals surface area contributed by atoms with E-state index in [0.717, 1.165) is 25.9 Å². The van der Waals surface area contributed by atoms with Gasteiger partial charge in [0.05, 0.1) is 13.7 Å². The number of hydrogen-bond acceptors (Lipinski definition) is 4. The van der Waals surface area contributed by atoms with Crippen LogP contribution in [0.25, 0.3) is 0 Å². The van der Waals surface area contributed by atoms with Gasteiger partial charge in [-0.15, -0.1) is 0 Å². The molecule has 1 saturated heterocycles. The zero-order valence-corrected chi connectivity index (χ0v) is 9.45. The first kappa shape index (κ1) is 12.5. The summed E-state index contributed by atoms with van der Waals surface area (Å²) in [4.78, 5) is 13.2. The first-order valence-electron chi connectivity index (χ1n) is 5.69. The van der Waals surface area contributed by atoms with Crippen molar-refractivity contribution in [1.29, 1.82) is 0 Å². The quantitative estimate of drug-likeness (QED) is 0.689. The third-order valence-electron chi connectivity index (χ3n) is 3.01. The van der Waals surface area contributed by atoms with E-state index in [0.29, 0.717) is 12.5 Å². The first-order chi connectivity index (χ1) is 7.27. The highest BCUT2D eigenvalue weighted by atomic mass is 16.5. The number of piperidine rings is 1. The van der Waals surface area contributed by atoms with E-state index in [-0.39, 0.29) is 12.6 Å². The Kier molecular flexibility index (Phi) is 5.65. The molecule has 1 atom stereocenters. The van der Waals surface area contributed by atoms with Crippen LogP contribution in [-0.2, 0) is 9.53 Å². The fourth-order valence-corrected chi connectivity index (χ4v) is 2.09. The van der Waals surface area contributed by atoms with E-state index in [1.165, 1.54) is 20.0 Å². The number of carbonyl (C=O) groups excluding carboxylic acids is 1. The molecule has 0 aromatic heterocycles. The second kappa shape index (κ2) is 6.80. The standard InChI is InChI=1S/C11H21NO3/c1-15-11(14)6-4-8-12-7-3-2-5-10(12)9-13/h10,13H,2-9H2,1H3. The summed E-state index contributed by atoms with van der Waals surface area (Å²) >= 11 is 0. The maximum atomic E-state index is 10.9. The molecular formula is C11H21NO3. The molecule has 4 heteroatoms. The molecule has 0 radical (unpaired) electrons. The zero-order chi connectivity index (χ0) is 11.1. The molecule has 1 aliphatic rings. The smallest absolute Gasteiger partial charge is 0.305 e. The Morgan fingerprint density at radius 3 is 3.00 bits per heavy atom. The third kappa shape index (κ3) is 4.18.